The number of allylic oxidation sites excluding steroid dienone is 5. The number of nitrogens with one attached hydrogen (secondary N) is 1. The zero-order valence-electron chi connectivity index (χ0n) is 25.4. The number of sulfonamides is 1. The number of carbonyl (C=O) groups is 1. The predicted octanol–water partition coefficient (Wildman–Crippen LogP) is 6.79. The van der Waals surface area contributed by atoms with Gasteiger partial charge in [0.1, 0.15) is 5.82 Å². The van der Waals surface area contributed by atoms with Crippen LogP contribution in [0.5, 0.6) is 0 Å². The van der Waals surface area contributed by atoms with Gasteiger partial charge < -0.3 is 9.88 Å². The molecular weight excluding hydrogens is 580 g/mol. The summed E-state index contributed by atoms with van der Waals surface area (Å²) in [4.78, 5) is 18.0. The lowest BCUT2D eigenvalue weighted by molar-refractivity contribution is -0.133. The van der Waals surface area contributed by atoms with E-state index in [1.165, 1.54) is 4.31 Å². The van der Waals surface area contributed by atoms with Crippen molar-refractivity contribution in [3.05, 3.63) is 120 Å². The summed E-state index contributed by atoms with van der Waals surface area (Å²) >= 11 is 5.77. The fourth-order valence-electron chi connectivity index (χ4n) is 4.85. The quantitative estimate of drug-likeness (QED) is 0.239. The van der Waals surface area contributed by atoms with Crippen LogP contribution in [-0.2, 0) is 34.8 Å². The minimum Gasteiger partial charge on any atom is -0.348 e. The van der Waals surface area contributed by atoms with Crippen LogP contribution in [0, 0.1) is 5.41 Å². The standard InChI is InChI=1S/C24H28N4O3S.C10H15Cl/c1-27-17-14-25-22(27)19-26-23(29)24(18-20-8-4-2-5-9-20)12-15-28(16-13-24)32(30,31)21-10-6-3-7-11-21;1-4-9(3)7-6-8-10(11)5-2/h2-11,14,17H,12-13,15-16,18-19H2,1H3,(H,26,29);5-7H,3-4,8H2,1-2H3/b;7-6?,10-5+. The maximum atomic E-state index is 13.4. The lowest BCUT2D eigenvalue weighted by Gasteiger charge is -2.40. The van der Waals surface area contributed by atoms with Crippen molar-refractivity contribution in [3.8, 4) is 0 Å². The summed E-state index contributed by atoms with van der Waals surface area (Å²) in [6, 6.07) is 18.4. The van der Waals surface area contributed by atoms with Gasteiger partial charge >= 0.3 is 0 Å². The Labute approximate surface area is 262 Å². The number of amides is 1. The molecule has 1 amide bonds. The Hall–Kier alpha value is -3.46. The number of carbonyl (C=O) groups excluding carboxylic acids is 1. The Morgan fingerprint density at radius 1 is 1.09 bits per heavy atom. The molecule has 7 nitrogen and oxygen atoms in total. The van der Waals surface area contributed by atoms with Crippen LogP contribution in [-0.4, -0.2) is 41.3 Å². The third kappa shape index (κ3) is 9.78. The Kier molecular flexibility index (Phi) is 13.0. The van der Waals surface area contributed by atoms with Gasteiger partial charge in [-0.15, -0.1) is 0 Å². The van der Waals surface area contributed by atoms with Gasteiger partial charge in [-0.1, -0.05) is 97.4 Å². The molecule has 1 aliphatic rings. The molecule has 2 aromatic carbocycles. The van der Waals surface area contributed by atoms with Crippen molar-refractivity contribution >= 4 is 27.5 Å². The van der Waals surface area contributed by atoms with E-state index in [9.17, 15) is 13.2 Å². The molecular formula is C34H43ClN4O3S. The molecule has 1 N–H and O–H groups in total. The molecule has 0 aliphatic carbocycles. The molecule has 9 heteroatoms. The molecule has 1 saturated heterocycles. The van der Waals surface area contributed by atoms with E-state index in [0.29, 0.717) is 38.9 Å². The van der Waals surface area contributed by atoms with Crippen molar-refractivity contribution in [2.75, 3.05) is 13.1 Å². The Balaban J connectivity index is 0.000000393. The minimum atomic E-state index is -3.58. The number of imidazole rings is 1. The van der Waals surface area contributed by atoms with Crippen LogP contribution in [0.15, 0.2) is 113 Å². The number of hydrogen-bond acceptors (Lipinski definition) is 4. The van der Waals surface area contributed by atoms with Gasteiger partial charge in [0.2, 0.25) is 15.9 Å². The van der Waals surface area contributed by atoms with Crippen LogP contribution < -0.4 is 5.32 Å². The zero-order valence-corrected chi connectivity index (χ0v) is 26.9. The highest BCUT2D eigenvalue weighted by Crippen LogP contribution is 2.37. The van der Waals surface area contributed by atoms with E-state index in [-0.39, 0.29) is 10.8 Å². The van der Waals surface area contributed by atoms with Gasteiger partial charge in [0.05, 0.1) is 16.9 Å². The molecule has 0 bridgehead atoms. The second-order valence-electron chi connectivity index (χ2n) is 10.7. The van der Waals surface area contributed by atoms with E-state index in [1.807, 2.05) is 73.3 Å². The first-order valence-electron chi connectivity index (χ1n) is 14.6. The van der Waals surface area contributed by atoms with Crippen LogP contribution in [0.25, 0.3) is 0 Å². The lowest BCUT2D eigenvalue weighted by atomic mass is 9.73. The summed E-state index contributed by atoms with van der Waals surface area (Å²) in [5.74, 6) is 0.721. The first-order valence-corrected chi connectivity index (χ1v) is 16.4. The van der Waals surface area contributed by atoms with Crippen molar-refractivity contribution in [1.82, 2.24) is 19.2 Å². The molecule has 43 heavy (non-hydrogen) atoms. The van der Waals surface area contributed by atoms with E-state index in [0.717, 1.165) is 34.8 Å². The number of aryl methyl sites for hydroxylation is 1. The number of halogens is 1. The summed E-state index contributed by atoms with van der Waals surface area (Å²) in [6.45, 7) is 8.82. The molecule has 0 saturated carbocycles. The molecule has 0 spiro atoms. The Morgan fingerprint density at radius 2 is 1.72 bits per heavy atom. The van der Waals surface area contributed by atoms with E-state index in [2.05, 4.69) is 23.8 Å². The second kappa shape index (κ2) is 16.4. The topological polar surface area (TPSA) is 84.3 Å². The molecule has 1 aromatic heterocycles. The van der Waals surface area contributed by atoms with Crippen molar-refractivity contribution in [1.29, 1.82) is 0 Å². The molecule has 0 unspecified atom stereocenters. The molecule has 0 atom stereocenters. The molecule has 4 rings (SSSR count). The lowest BCUT2D eigenvalue weighted by Crippen LogP contribution is -2.51. The van der Waals surface area contributed by atoms with Gasteiger partial charge in [-0.25, -0.2) is 13.4 Å². The van der Waals surface area contributed by atoms with Crippen molar-refractivity contribution in [3.63, 3.8) is 0 Å². The van der Waals surface area contributed by atoms with Crippen molar-refractivity contribution in [2.45, 2.75) is 57.4 Å². The third-order valence-corrected chi connectivity index (χ3v) is 9.97. The monoisotopic (exact) mass is 622 g/mol. The third-order valence-electron chi connectivity index (χ3n) is 7.69. The minimum absolute atomic E-state index is 0.0545. The summed E-state index contributed by atoms with van der Waals surface area (Å²) in [5, 5.41) is 3.93. The molecule has 230 valence electrons. The van der Waals surface area contributed by atoms with Crippen LogP contribution in [0.1, 0.15) is 50.9 Å². The molecule has 0 radical (unpaired) electrons. The van der Waals surface area contributed by atoms with E-state index >= 15 is 0 Å². The number of aromatic nitrogens is 2. The summed E-state index contributed by atoms with van der Waals surface area (Å²) in [7, 11) is -1.69. The van der Waals surface area contributed by atoms with Gasteiger partial charge in [-0.05, 0) is 50.3 Å². The van der Waals surface area contributed by atoms with Crippen LogP contribution in [0.4, 0.5) is 0 Å². The van der Waals surface area contributed by atoms with E-state index in [4.69, 9.17) is 11.6 Å². The first kappa shape index (κ1) is 34.0. The smallest absolute Gasteiger partial charge is 0.243 e. The number of piperidine rings is 1. The number of hydrogen-bond donors (Lipinski definition) is 1. The summed E-state index contributed by atoms with van der Waals surface area (Å²) in [6.07, 6.45) is 12.8. The fraction of sp³-hybridized carbons (Fsp3) is 0.353. The summed E-state index contributed by atoms with van der Waals surface area (Å²) in [5.41, 5.74) is 1.54. The first-order chi connectivity index (χ1) is 20.6. The highest BCUT2D eigenvalue weighted by molar-refractivity contribution is 7.89. The van der Waals surface area contributed by atoms with Crippen LogP contribution in [0.2, 0.25) is 0 Å². The van der Waals surface area contributed by atoms with Gasteiger partial charge in [0.25, 0.3) is 0 Å². The van der Waals surface area contributed by atoms with Crippen LogP contribution in [0.3, 0.4) is 0 Å². The van der Waals surface area contributed by atoms with E-state index < -0.39 is 15.4 Å². The SMILES string of the molecule is C=C(C=CC/C(Cl)=C\C)CC.Cn1ccnc1CNC(=O)C1(Cc2ccccc2)CCN(S(=O)(=O)c2ccccc2)CC1. The average Bonchev–Trinajstić information content (AvgIpc) is 3.45. The fourth-order valence-corrected chi connectivity index (χ4v) is 6.41. The van der Waals surface area contributed by atoms with Gasteiger partial charge in [-0.3, -0.25) is 4.79 Å². The molecule has 3 aromatic rings. The number of benzene rings is 2. The Bertz CT molecular complexity index is 1490. The average molecular weight is 623 g/mol. The van der Waals surface area contributed by atoms with Gasteiger partial charge in [0.15, 0.2) is 0 Å². The predicted molar refractivity (Wildman–Crippen MR) is 175 cm³/mol. The summed E-state index contributed by atoms with van der Waals surface area (Å²) < 4.78 is 29.5. The second-order valence-corrected chi connectivity index (χ2v) is 13.1. The maximum absolute atomic E-state index is 13.4. The normalized spacial score (nSPS) is 15.5. The maximum Gasteiger partial charge on any atom is 0.243 e. The van der Waals surface area contributed by atoms with E-state index in [1.54, 1.807) is 36.5 Å². The number of rotatable bonds is 11. The Morgan fingerprint density at radius 3 is 2.28 bits per heavy atom. The van der Waals surface area contributed by atoms with Gasteiger partial charge in [0, 0.05) is 44.0 Å². The largest absolute Gasteiger partial charge is 0.348 e. The van der Waals surface area contributed by atoms with Crippen molar-refractivity contribution < 1.29 is 13.2 Å². The zero-order chi connectivity index (χ0) is 31.3. The molecule has 1 aliphatic heterocycles. The highest BCUT2D eigenvalue weighted by atomic mass is 35.5. The molecule has 1 fully saturated rings. The number of nitrogens with zero attached hydrogens (tertiary/aromatic N) is 3. The van der Waals surface area contributed by atoms with Crippen molar-refractivity contribution in [2.24, 2.45) is 12.5 Å². The van der Waals surface area contributed by atoms with Crippen LogP contribution >= 0.6 is 11.6 Å². The van der Waals surface area contributed by atoms with Gasteiger partial charge in [-0.2, -0.15) is 4.31 Å². The molecule has 2 heterocycles. The highest BCUT2D eigenvalue weighted by Gasteiger charge is 2.43.